The molecule has 5 aromatic rings. The van der Waals surface area contributed by atoms with Crippen LogP contribution < -0.4 is 0 Å². The summed E-state index contributed by atoms with van der Waals surface area (Å²) in [5.41, 5.74) is 8.29. The molecule has 0 fully saturated rings. The zero-order valence-corrected chi connectivity index (χ0v) is 13.9. The molecule has 0 spiro atoms. The van der Waals surface area contributed by atoms with E-state index < -0.39 is 0 Å². The molecule has 0 radical (unpaired) electrons. The van der Waals surface area contributed by atoms with Gasteiger partial charge in [0.1, 0.15) is 5.82 Å². The van der Waals surface area contributed by atoms with Gasteiger partial charge in [0.2, 0.25) is 0 Å². The Balaban J connectivity index is 1.66. The molecule has 1 N–H and O–H groups in total. The first-order valence-electron chi connectivity index (χ1n) is 8.74. The number of nitrogens with one attached hydrogen (secondary N) is 1. The standard InChI is InChI=1S/C24H14FN/c25-17-10-7-14(8-11-17)16-9-12-21-20(13-16)23-18-5-1-3-15-4-2-6-19(22(15)18)24(23)26-21/h1-13,26H. The van der Waals surface area contributed by atoms with Crippen molar-refractivity contribution in [1.82, 2.24) is 4.98 Å². The Morgan fingerprint density at radius 3 is 2.23 bits per heavy atom. The predicted molar refractivity (Wildman–Crippen MR) is 106 cm³/mol. The van der Waals surface area contributed by atoms with E-state index in [1.54, 1.807) is 0 Å². The minimum atomic E-state index is -0.209. The zero-order chi connectivity index (χ0) is 17.3. The van der Waals surface area contributed by atoms with Gasteiger partial charge in [0, 0.05) is 22.0 Å². The number of fused-ring (bicyclic) bond motifs is 5. The zero-order valence-electron chi connectivity index (χ0n) is 13.9. The smallest absolute Gasteiger partial charge is 0.123 e. The summed E-state index contributed by atoms with van der Waals surface area (Å²) in [6.07, 6.45) is 0. The van der Waals surface area contributed by atoms with Crippen molar-refractivity contribution in [2.45, 2.75) is 0 Å². The monoisotopic (exact) mass is 335 g/mol. The molecule has 1 heterocycles. The van der Waals surface area contributed by atoms with Gasteiger partial charge in [-0.2, -0.15) is 0 Å². The van der Waals surface area contributed by atoms with Gasteiger partial charge >= 0.3 is 0 Å². The number of H-pyrrole nitrogens is 1. The molecule has 0 atom stereocenters. The molecule has 0 saturated heterocycles. The molecule has 0 saturated carbocycles. The highest BCUT2D eigenvalue weighted by atomic mass is 19.1. The van der Waals surface area contributed by atoms with Crippen LogP contribution in [0.5, 0.6) is 0 Å². The topological polar surface area (TPSA) is 15.8 Å². The van der Waals surface area contributed by atoms with Crippen molar-refractivity contribution in [2.75, 3.05) is 0 Å². The lowest BCUT2D eigenvalue weighted by atomic mass is 9.99. The Kier molecular flexibility index (Phi) is 2.57. The summed E-state index contributed by atoms with van der Waals surface area (Å²) in [5, 5.41) is 3.81. The van der Waals surface area contributed by atoms with E-state index in [1.165, 1.54) is 50.7 Å². The molecule has 1 aromatic heterocycles. The van der Waals surface area contributed by atoms with Gasteiger partial charge in [-0.15, -0.1) is 0 Å². The fourth-order valence-corrected chi connectivity index (χ4v) is 4.25. The van der Waals surface area contributed by atoms with Crippen molar-refractivity contribution in [3.05, 3.63) is 84.7 Å². The first-order valence-corrected chi connectivity index (χ1v) is 8.74. The number of aromatic amines is 1. The van der Waals surface area contributed by atoms with Crippen LogP contribution in [0, 0.1) is 5.82 Å². The summed E-state index contributed by atoms with van der Waals surface area (Å²) in [5.74, 6) is -0.209. The Labute approximate surface area is 149 Å². The summed E-state index contributed by atoms with van der Waals surface area (Å²) >= 11 is 0. The maximum absolute atomic E-state index is 13.3. The second-order valence-corrected chi connectivity index (χ2v) is 6.85. The predicted octanol–water partition coefficient (Wildman–Crippen LogP) is 6.77. The molecule has 4 aromatic carbocycles. The molecule has 0 unspecified atom stereocenters. The Hall–Kier alpha value is -3.39. The number of benzene rings is 4. The molecule has 0 amide bonds. The highest BCUT2D eigenvalue weighted by Crippen LogP contribution is 2.50. The second kappa shape index (κ2) is 4.83. The summed E-state index contributed by atoms with van der Waals surface area (Å²) in [4.78, 5) is 3.61. The summed E-state index contributed by atoms with van der Waals surface area (Å²) in [6, 6.07) is 26.1. The first kappa shape index (κ1) is 13.9. The minimum absolute atomic E-state index is 0.209. The molecule has 0 aliphatic heterocycles. The van der Waals surface area contributed by atoms with E-state index in [-0.39, 0.29) is 5.82 Å². The number of rotatable bonds is 1. The van der Waals surface area contributed by atoms with Crippen LogP contribution in [0.2, 0.25) is 0 Å². The largest absolute Gasteiger partial charge is 0.354 e. The van der Waals surface area contributed by atoms with Crippen LogP contribution in [0.3, 0.4) is 0 Å². The van der Waals surface area contributed by atoms with Gasteiger partial charge in [0.15, 0.2) is 0 Å². The van der Waals surface area contributed by atoms with Crippen LogP contribution in [-0.2, 0) is 0 Å². The number of hydrogen-bond donors (Lipinski definition) is 1. The Morgan fingerprint density at radius 2 is 1.42 bits per heavy atom. The molecular weight excluding hydrogens is 321 g/mol. The fourth-order valence-electron chi connectivity index (χ4n) is 4.25. The molecule has 1 aliphatic rings. The summed E-state index contributed by atoms with van der Waals surface area (Å²) in [7, 11) is 0. The lowest BCUT2D eigenvalue weighted by Crippen LogP contribution is -1.81. The van der Waals surface area contributed by atoms with E-state index in [1.807, 2.05) is 12.1 Å². The third kappa shape index (κ3) is 1.73. The average Bonchev–Trinajstić information content (AvgIpc) is 3.20. The summed E-state index contributed by atoms with van der Waals surface area (Å²) in [6.45, 7) is 0. The van der Waals surface area contributed by atoms with E-state index in [9.17, 15) is 4.39 Å². The highest BCUT2D eigenvalue weighted by Gasteiger charge is 2.25. The molecular formula is C24H14FN. The SMILES string of the molecule is Fc1ccc(-c2ccc3[nH]c4c(c3c2)-c2cccc3cccc-4c23)cc1. The van der Waals surface area contributed by atoms with Crippen molar-refractivity contribution in [1.29, 1.82) is 0 Å². The molecule has 1 aliphatic carbocycles. The summed E-state index contributed by atoms with van der Waals surface area (Å²) < 4.78 is 13.3. The van der Waals surface area contributed by atoms with Gasteiger partial charge in [0.05, 0.1) is 5.69 Å². The molecule has 26 heavy (non-hydrogen) atoms. The number of halogens is 1. The van der Waals surface area contributed by atoms with Gasteiger partial charge in [-0.1, -0.05) is 54.6 Å². The van der Waals surface area contributed by atoms with Gasteiger partial charge in [-0.25, -0.2) is 4.39 Å². The second-order valence-electron chi connectivity index (χ2n) is 6.85. The van der Waals surface area contributed by atoms with Crippen LogP contribution in [0.4, 0.5) is 4.39 Å². The maximum atomic E-state index is 13.3. The van der Waals surface area contributed by atoms with Crippen molar-refractivity contribution in [3.8, 4) is 33.5 Å². The third-order valence-electron chi connectivity index (χ3n) is 5.42. The van der Waals surface area contributed by atoms with Crippen LogP contribution >= 0.6 is 0 Å². The van der Waals surface area contributed by atoms with Crippen LogP contribution in [0.1, 0.15) is 0 Å². The Bertz CT molecular complexity index is 1320. The van der Waals surface area contributed by atoms with E-state index in [2.05, 4.69) is 59.6 Å². The lowest BCUT2D eigenvalue weighted by molar-refractivity contribution is 0.628. The van der Waals surface area contributed by atoms with E-state index >= 15 is 0 Å². The van der Waals surface area contributed by atoms with Crippen LogP contribution in [0.15, 0.2) is 78.9 Å². The lowest BCUT2D eigenvalue weighted by Gasteiger charge is -2.05. The number of hydrogen-bond acceptors (Lipinski definition) is 0. The van der Waals surface area contributed by atoms with E-state index in [0.717, 1.165) is 16.6 Å². The molecule has 122 valence electrons. The fraction of sp³-hybridized carbons (Fsp3) is 0. The normalized spacial score (nSPS) is 12.0. The van der Waals surface area contributed by atoms with Crippen molar-refractivity contribution in [3.63, 3.8) is 0 Å². The molecule has 2 heteroatoms. The van der Waals surface area contributed by atoms with E-state index in [4.69, 9.17) is 0 Å². The highest BCUT2D eigenvalue weighted by molar-refractivity contribution is 6.21. The van der Waals surface area contributed by atoms with Crippen LogP contribution in [-0.4, -0.2) is 4.98 Å². The van der Waals surface area contributed by atoms with Gasteiger partial charge in [-0.3, -0.25) is 0 Å². The van der Waals surface area contributed by atoms with Crippen molar-refractivity contribution >= 4 is 21.7 Å². The third-order valence-corrected chi connectivity index (χ3v) is 5.42. The molecule has 1 nitrogen and oxygen atoms in total. The van der Waals surface area contributed by atoms with Crippen molar-refractivity contribution < 1.29 is 4.39 Å². The minimum Gasteiger partial charge on any atom is -0.354 e. The van der Waals surface area contributed by atoms with Crippen LogP contribution in [0.25, 0.3) is 55.2 Å². The van der Waals surface area contributed by atoms with Crippen molar-refractivity contribution in [2.24, 2.45) is 0 Å². The first-order chi connectivity index (χ1) is 12.8. The van der Waals surface area contributed by atoms with E-state index in [0.29, 0.717) is 0 Å². The number of aromatic nitrogens is 1. The average molecular weight is 335 g/mol. The van der Waals surface area contributed by atoms with Gasteiger partial charge in [-0.05, 0) is 51.7 Å². The quantitative estimate of drug-likeness (QED) is 0.341. The maximum Gasteiger partial charge on any atom is 0.123 e. The van der Waals surface area contributed by atoms with Gasteiger partial charge in [0.25, 0.3) is 0 Å². The Morgan fingerprint density at radius 1 is 0.692 bits per heavy atom. The molecule has 6 rings (SSSR count). The van der Waals surface area contributed by atoms with Gasteiger partial charge < -0.3 is 4.98 Å². The molecule has 0 bridgehead atoms.